The lowest BCUT2D eigenvalue weighted by molar-refractivity contribution is 0.556. The molecular formula is C20H19F2N3S. The molecule has 3 rings (SSSR count). The minimum atomic E-state index is -0.578. The molecule has 0 aliphatic rings. The summed E-state index contributed by atoms with van der Waals surface area (Å²) in [5.74, 6) is -1.16. The van der Waals surface area contributed by atoms with E-state index in [1.807, 2.05) is 43.4 Å². The molecule has 26 heavy (non-hydrogen) atoms. The number of aromatic nitrogens is 1. The first-order chi connectivity index (χ1) is 12.6. The number of nitrogens with two attached hydrogens (primary N) is 1. The summed E-state index contributed by atoms with van der Waals surface area (Å²) in [5.41, 5.74) is 3.38. The third kappa shape index (κ3) is 4.27. The summed E-state index contributed by atoms with van der Waals surface area (Å²) in [5, 5.41) is 8.79. The molecule has 1 aromatic heterocycles. The highest BCUT2D eigenvalue weighted by atomic mass is 32.2. The summed E-state index contributed by atoms with van der Waals surface area (Å²) in [4.78, 5) is 5.50. The lowest BCUT2D eigenvalue weighted by atomic mass is 9.95. The molecule has 1 unspecified atom stereocenters. The van der Waals surface area contributed by atoms with Gasteiger partial charge < -0.3 is 5.32 Å². The Morgan fingerprint density at radius 1 is 1.08 bits per heavy atom. The predicted molar refractivity (Wildman–Crippen MR) is 102 cm³/mol. The van der Waals surface area contributed by atoms with Crippen LogP contribution in [0, 0.1) is 11.6 Å². The number of benzene rings is 2. The van der Waals surface area contributed by atoms with Gasteiger partial charge in [-0.3, -0.25) is 10.1 Å². The highest BCUT2D eigenvalue weighted by Gasteiger charge is 2.17. The number of hydrogen-bond acceptors (Lipinski definition) is 4. The Morgan fingerprint density at radius 3 is 2.38 bits per heavy atom. The fourth-order valence-corrected chi connectivity index (χ4v) is 3.25. The van der Waals surface area contributed by atoms with Gasteiger partial charge >= 0.3 is 0 Å². The number of halogens is 2. The van der Waals surface area contributed by atoms with Crippen molar-refractivity contribution in [1.29, 1.82) is 0 Å². The van der Waals surface area contributed by atoms with Crippen molar-refractivity contribution in [2.75, 3.05) is 7.05 Å². The average Bonchev–Trinajstić information content (AvgIpc) is 2.65. The molecule has 0 spiro atoms. The highest BCUT2D eigenvalue weighted by Crippen LogP contribution is 2.29. The SMILES string of the molecule is CNC(Cc1cc(F)cc(F)c1)c1ncccc1-c1ccc(SN)cc1. The van der Waals surface area contributed by atoms with Gasteiger partial charge in [-0.15, -0.1) is 0 Å². The Morgan fingerprint density at radius 2 is 1.77 bits per heavy atom. The van der Waals surface area contributed by atoms with Crippen molar-refractivity contribution in [3.63, 3.8) is 0 Å². The van der Waals surface area contributed by atoms with Crippen molar-refractivity contribution in [3.05, 3.63) is 83.7 Å². The van der Waals surface area contributed by atoms with Crippen LogP contribution in [-0.2, 0) is 6.42 Å². The first kappa shape index (κ1) is 18.5. The maximum Gasteiger partial charge on any atom is 0.126 e. The van der Waals surface area contributed by atoms with Gasteiger partial charge in [-0.2, -0.15) is 0 Å². The Hall–Kier alpha value is -2.28. The molecule has 0 saturated carbocycles. The lowest BCUT2D eigenvalue weighted by Gasteiger charge is -2.19. The second kappa shape index (κ2) is 8.40. The van der Waals surface area contributed by atoms with Gasteiger partial charge in [-0.25, -0.2) is 8.78 Å². The number of nitrogens with zero attached hydrogens (tertiary/aromatic N) is 1. The monoisotopic (exact) mass is 371 g/mol. The second-order valence-corrected chi connectivity index (χ2v) is 6.61. The van der Waals surface area contributed by atoms with Crippen molar-refractivity contribution in [2.24, 2.45) is 5.14 Å². The van der Waals surface area contributed by atoms with Crippen LogP contribution in [0.4, 0.5) is 8.78 Å². The smallest absolute Gasteiger partial charge is 0.126 e. The molecule has 3 aromatic rings. The van der Waals surface area contributed by atoms with E-state index in [4.69, 9.17) is 5.14 Å². The van der Waals surface area contributed by atoms with Crippen molar-refractivity contribution in [3.8, 4) is 11.1 Å². The molecule has 0 saturated heterocycles. The van der Waals surface area contributed by atoms with Crippen LogP contribution >= 0.6 is 11.9 Å². The summed E-state index contributed by atoms with van der Waals surface area (Å²) >= 11 is 1.19. The van der Waals surface area contributed by atoms with Crippen molar-refractivity contribution in [1.82, 2.24) is 10.3 Å². The van der Waals surface area contributed by atoms with E-state index >= 15 is 0 Å². The maximum atomic E-state index is 13.5. The van der Waals surface area contributed by atoms with E-state index in [-0.39, 0.29) is 6.04 Å². The van der Waals surface area contributed by atoms with Gasteiger partial charge in [-0.1, -0.05) is 18.2 Å². The molecule has 6 heteroatoms. The van der Waals surface area contributed by atoms with E-state index in [9.17, 15) is 8.78 Å². The van der Waals surface area contributed by atoms with Gasteiger partial charge in [0.1, 0.15) is 11.6 Å². The van der Waals surface area contributed by atoms with Crippen LogP contribution in [0.3, 0.4) is 0 Å². The second-order valence-electron chi connectivity index (χ2n) is 5.90. The molecule has 0 aliphatic heterocycles. The van der Waals surface area contributed by atoms with Crippen molar-refractivity contribution in [2.45, 2.75) is 17.4 Å². The molecule has 0 bridgehead atoms. The fourth-order valence-electron chi connectivity index (χ4n) is 2.95. The van der Waals surface area contributed by atoms with E-state index < -0.39 is 11.6 Å². The maximum absolute atomic E-state index is 13.5. The van der Waals surface area contributed by atoms with Crippen LogP contribution in [0.5, 0.6) is 0 Å². The Kier molecular flexibility index (Phi) is 5.98. The molecular weight excluding hydrogens is 352 g/mol. The Balaban J connectivity index is 1.95. The van der Waals surface area contributed by atoms with Gasteiger partial charge in [-0.05, 0) is 66.9 Å². The average molecular weight is 371 g/mol. The number of hydrogen-bond donors (Lipinski definition) is 2. The zero-order chi connectivity index (χ0) is 18.5. The van der Waals surface area contributed by atoms with E-state index in [1.54, 1.807) is 6.20 Å². The molecule has 1 heterocycles. The number of pyridine rings is 1. The molecule has 3 N–H and O–H groups in total. The summed E-state index contributed by atoms with van der Waals surface area (Å²) in [6, 6.07) is 15.1. The minimum absolute atomic E-state index is 0.184. The Bertz CT molecular complexity index is 864. The third-order valence-electron chi connectivity index (χ3n) is 4.18. The molecule has 0 amide bonds. The quantitative estimate of drug-likeness (QED) is 0.627. The molecule has 134 valence electrons. The minimum Gasteiger partial charge on any atom is -0.311 e. The van der Waals surface area contributed by atoms with Crippen molar-refractivity contribution >= 4 is 11.9 Å². The van der Waals surface area contributed by atoms with Crippen molar-refractivity contribution < 1.29 is 8.78 Å². The van der Waals surface area contributed by atoms with E-state index in [2.05, 4.69) is 10.3 Å². The highest BCUT2D eigenvalue weighted by molar-refractivity contribution is 7.97. The number of likely N-dealkylation sites (N-methyl/N-ethyl adjacent to an activating group) is 1. The lowest BCUT2D eigenvalue weighted by Crippen LogP contribution is -2.21. The van der Waals surface area contributed by atoms with Crippen LogP contribution in [0.25, 0.3) is 11.1 Å². The van der Waals surface area contributed by atoms with Gasteiger partial charge in [0.25, 0.3) is 0 Å². The standard InChI is InChI=1S/C20H19F2N3S/c1-24-19(11-13-9-15(21)12-16(22)10-13)20-18(3-2-8-25-20)14-4-6-17(26-23)7-5-14/h2-10,12,19,24H,11,23H2,1H3. The van der Waals surface area contributed by atoms with Crippen LogP contribution in [-0.4, -0.2) is 12.0 Å². The normalized spacial score (nSPS) is 12.2. The first-order valence-electron chi connectivity index (χ1n) is 8.15. The number of nitrogens with one attached hydrogen (secondary N) is 1. The topological polar surface area (TPSA) is 50.9 Å². The molecule has 0 fully saturated rings. The zero-order valence-corrected chi connectivity index (χ0v) is 15.1. The van der Waals surface area contributed by atoms with Gasteiger partial charge in [0, 0.05) is 22.7 Å². The summed E-state index contributed by atoms with van der Waals surface area (Å²) in [7, 11) is 1.81. The number of rotatable bonds is 6. The van der Waals surface area contributed by atoms with Gasteiger partial charge in [0.05, 0.1) is 11.7 Å². The third-order valence-corrected chi connectivity index (χ3v) is 4.72. The molecule has 0 aliphatic carbocycles. The van der Waals surface area contributed by atoms with Crippen LogP contribution < -0.4 is 10.5 Å². The molecule has 3 nitrogen and oxygen atoms in total. The summed E-state index contributed by atoms with van der Waals surface area (Å²) < 4.78 is 27.0. The first-order valence-corrected chi connectivity index (χ1v) is 9.03. The van der Waals surface area contributed by atoms with Crippen LogP contribution in [0.1, 0.15) is 17.3 Å². The van der Waals surface area contributed by atoms with E-state index in [0.29, 0.717) is 12.0 Å². The predicted octanol–water partition coefficient (Wildman–Crippen LogP) is 4.50. The van der Waals surface area contributed by atoms with E-state index in [0.717, 1.165) is 27.8 Å². The molecule has 1 atom stereocenters. The van der Waals surface area contributed by atoms with Crippen LogP contribution in [0.15, 0.2) is 65.7 Å². The Labute approximate surface area is 155 Å². The van der Waals surface area contributed by atoms with Gasteiger partial charge in [0.2, 0.25) is 0 Å². The summed E-state index contributed by atoms with van der Waals surface area (Å²) in [6.45, 7) is 0. The zero-order valence-electron chi connectivity index (χ0n) is 14.2. The van der Waals surface area contributed by atoms with Gasteiger partial charge in [0.15, 0.2) is 0 Å². The largest absolute Gasteiger partial charge is 0.311 e. The van der Waals surface area contributed by atoms with Crippen LogP contribution in [0.2, 0.25) is 0 Å². The molecule has 0 radical (unpaired) electrons. The molecule has 2 aromatic carbocycles. The van der Waals surface area contributed by atoms with E-state index in [1.165, 1.54) is 24.1 Å². The fraction of sp³-hybridized carbons (Fsp3) is 0.150. The summed E-state index contributed by atoms with van der Waals surface area (Å²) in [6.07, 6.45) is 2.14.